The highest BCUT2D eigenvalue weighted by atomic mass is 31.2. The Morgan fingerprint density at radius 2 is 1.34 bits per heavy atom. The summed E-state index contributed by atoms with van der Waals surface area (Å²) in [4.78, 5) is 22.3. The normalized spacial score (nSPS) is 15.0. The van der Waals surface area contributed by atoms with Crippen LogP contribution in [0.3, 0.4) is 0 Å². The van der Waals surface area contributed by atoms with Gasteiger partial charge in [0.05, 0.1) is 25.4 Å². The number of nitrogens with one attached hydrogen (secondary N) is 1. The van der Waals surface area contributed by atoms with E-state index in [0.29, 0.717) is 6.42 Å². The lowest BCUT2D eigenvalue weighted by Gasteiger charge is -2.23. The van der Waals surface area contributed by atoms with Crippen LogP contribution in [0.2, 0.25) is 0 Å². The number of hydrogen-bond acceptors (Lipinski definition) is 6. The third kappa shape index (κ3) is 24.3. The number of allylic oxidation sites excluding steroid dienone is 1. The van der Waals surface area contributed by atoms with Gasteiger partial charge in [0.15, 0.2) is 0 Å². The second-order valence-corrected chi connectivity index (χ2v) is 11.8. The lowest BCUT2D eigenvalue weighted by Crippen LogP contribution is -2.45. The monoisotopic (exact) mass is 562 g/mol. The van der Waals surface area contributed by atoms with Crippen LogP contribution >= 0.6 is 7.82 Å². The molecule has 0 aromatic carbocycles. The summed E-state index contributed by atoms with van der Waals surface area (Å²) in [5.41, 5.74) is 5.32. The molecule has 5 N–H and O–H groups in total. The molecule has 0 aromatic rings. The van der Waals surface area contributed by atoms with E-state index in [2.05, 4.69) is 19.2 Å². The molecule has 1 amide bonds. The molecule has 0 rings (SSSR count). The second kappa shape index (κ2) is 26.5. The van der Waals surface area contributed by atoms with Crippen molar-refractivity contribution in [2.45, 2.75) is 148 Å². The third-order valence-corrected chi connectivity index (χ3v) is 7.60. The topological polar surface area (TPSA) is 131 Å². The number of aliphatic hydroxyl groups is 1. The molecule has 9 heteroatoms. The number of carbonyl (C=O) groups is 1. The first-order valence-corrected chi connectivity index (χ1v) is 16.8. The van der Waals surface area contributed by atoms with Crippen molar-refractivity contribution in [3.8, 4) is 0 Å². The summed E-state index contributed by atoms with van der Waals surface area (Å²) in [7, 11) is -4.31. The van der Waals surface area contributed by atoms with E-state index in [9.17, 15) is 19.4 Å². The number of phosphoric acid groups is 1. The number of nitrogens with two attached hydrogens (primary N) is 1. The fraction of sp³-hybridized carbons (Fsp3) is 0.897. The van der Waals surface area contributed by atoms with Gasteiger partial charge < -0.3 is 21.1 Å². The number of phosphoric ester groups is 1. The Morgan fingerprint density at radius 3 is 1.87 bits per heavy atom. The summed E-state index contributed by atoms with van der Waals surface area (Å²) >= 11 is 0. The Morgan fingerprint density at radius 1 is 0.842 bits per heavy atom. The maximum absolute atomic E-state index is 12.5. The predicted molar refractivity (Wildman–Crippen MR) is 157 cm³/mol. The summed E-state index contributed by atoms with van der Waals surface area (Å²) in [6.07, 6.45) is 24.0. The fourth-order valence-corrected chi connectivity index (χ4v) is 5.01. The molecule has 0 aliphatic carbocycles. The quantitative estimate of drug-likeness (QED) is 0.0462. The molecule has 0 radical (unpaired) electrons. The van der Waals surface area contributed by atoms with E-state index in [0.717, 1.165) is 38.5 Å². The lowest BCUT2D eigenvalue weighted by molar-refractivity contribution is -0.123. The number of unbranched alkanes of at least 4 members (excludes halogenated alkanes) is 16. The van der Waals surface area contributed by atoms with Crippen molar-refractivity contribution < 1.29 is 28.4 Å². The maximum atomic E-state index is 12.5. The van der Waals surface area contributed by atoms with Crippen LogP contribution in [0.5, 0.6) is 0 Å². The minimum absolute atomic E-state index is 0.0803. The Labute approximate surface area is 233 Å². The summed E-state index contributed by atoms with van der Waals surface area (Å²) in [6.45, 7) is 4.05. The molecular formula is C29H59N2O6P. The number of carbonyl (C=O) groups excluding carboxylic acids is 1. The van der Waals surface area contributed by atoms with Crippen LogP contribution in [0.25, 0.3) is 0 Å². The molecule has 0 spiro atoms. The molecule has 0 saturated carbocycles. The van der Waals surface area contributed by atoms with Gasteiger partial charge in [-0.15, -0.1) is 0 Å². The molecule has 1 unspecified atom stereocenters. The Kier molecular flexibility index (Phi) is 25.9. The molecule has 0 saturated heterocycles. The Hall–Kier alpha value is -0.760. The van der Waals surface area contributed by atoms with E-state index in [1.807, 2.05) is 6.08 Å². The van der Waals surface area contributed by atoms with Gasteiger partial charge in [-0.3, -0.25) is 13.8 Å². The molecule has 0 bridgehead atoms. The van der Waals surface area contributed by atoms with Gasteiger partial charge in [0, 0.05) is 13.0 Å². The molecular weight excluding hydrogens is 503 g/mol. The van der Waals surface area contributed by atoms with Crippen LogP contribution in [0.15, 0.2) is 12.2 Å². The fourth-order valence-electron chi connectivity index (χ4n) is 4.25. The zero-order valence-electron chi connectivity index (χ0n) is 24.4. The predicted octanol–water partition coefficient (Wildman–Crippen LogP) is 6.93. The van der Waals surface area contributed by atoms with Gasteiger partial charge in [0.2, 0.25) is 5.91 Å². The first-order chi connectivity index (χ1) is 18.4. The summed E-state index contributed by atoms with van der Waals surface area (Å²) in [6, 6.07) is -0.849. The van der Waals surface area contributed by atoms with Gasteiger partial charge in [-0.25, -0.2) is 4.57 Å². The third-order valence-electron chi connectivity index (χ3n) is 6.61. The van der Waals surface area contributed by atoms with Crippen LogP contribution in [0, 0.1) is 0 Å². The van der Waals surface area contributed by atoms with E-state index < -0.39 is 20.0 Å². The van der Waals surface area contributed by atoms with Crippen molar-refractivity contribution in [1.82, 2.24) is 5.32 Å². The van der Waals surface area contributed by atoms with Gasteiger partial charge in [0.25, 0.3) is 0 Å². The van der Waals surface area contributed by atoms with Crippen molar-refractivity contribution in [3.05, 3.63) is 12.2 Å². The largest absolute Gasteiger partial charge is 0.472 e. The molecule has 0 aromatic heterocycles. The molecule has 0 heterocycles. The second-order valence-electron chi connectivity index (χ2n) is 10.3. The van der Waals surface area contributed by atoms with Crippen molar-refractivity contribution in [1.29, 1.82) is 0 Å². The molecule has 38 heavy (non-hydrogen) atoms. The van der Waals surface area contributed by atoms with Crippen molar-refractivity contribution in [2.75, 3.05) is 19.8 Å². The standard InChI is InChI=1S/C29H59N2O6P/c1-3-5-7-9-11-13-15-17-19-21-23-29(33)31-27(26-37-38(34,35)36-25-24-30)28(32)22-20-18-16-14-12-10-8-6-4-2/h20,22,27-28,32H,3-19,21,23-26,30H2,1-2H3,(H,31,33)(H,34,35)/b22-20+/t27-,28+/m0/s1. The van der Waals surface area contributed by atoms with Crippen LogP contribution in [-0.4, -0.2) is 47.8 Å². The number of hydrogen-bond donors (Lipinski definition) is 4. The molecule has 0 fully saturated rings. The van der Waals surface area contributed by atoms with Gasteiger partial charge in [-0.05, 0) is 19.3 Å². The van der Waals surface area contributed by atoms with Crippen molar-refractivity contribution >= 4 is 13.7 Å². The van der Waals surface area contributed by atoms with Crippen molar-refractivity contribution in [2.24, 2.45) is 5.73 Å². The number of amides is 1. The van der Waals surface area contributed by atoms with E-state index in [1.54, 1.807) is 6.08 Å². The van der Waals surface area contributed by atoms with E-state index in [1.165, 1.54) is 77.0 Å². The zero-order valence-corrected chi connectivity index (χ0v) is 25.3. The van der Waals surface area contributed by atoms with Crippen LogP contribution in [0.4, 0.5) is 0 Å². The highest BCUT2D eigenvalue weighted by Crippen LogP contribution is 2.43. The molecule has 0 aliphatic rings. The SMILES string of the molecule is CCCCCCCCC/C=C/[C@@H](O)[C@H](COP(=O)(O)OCCN)NC(=O)CCCCCCCCCCCC. The van der Waals surface area contributed by atoms with Gasteiger partial charge in [-0.1, -0.05) is 122 Å². The number of rotatable bonds is 28. The van der Waals surface area contributed by atoms with Gasteiger partial charge in [-0.2, -0.15) is 0 Å². The lowest BCUT2D eigenvalue weighted by atomic mass is 10.1. The van der Waals surface area contributed by atoms with Crippen LogP contribution < -0.4 is 11.1 Å². The van der Waals surface area contributed by atoms with Gasteiger partial charge >= 0.3 is 7.82 Å². The van der Waals surface area contributed by atoms with Crippen LogP contribution in [0.1, 0.15) is 136 Å². The molecule has 0 aliphatic heterocycles. The summed E-state index contributed by atoms with van der Waals surface area (Å²) in [5.74, 6) is -0.201. The smallest absolute Gasteiger partial charge is 0.387 e. The highest BCUT2D eigenvalue weighted by Gasteiger charge is 2.26. The maximum Gasteiger partial charge on any atom is 0.472 e. The minimum atomic E-state index is -4.31. The Bertz CT molecular complexity index is 620. The first kappa shape index (κ1) is 37.2. The summed E-state index contributed by atoms with van der Waals surface area (Å²) in [5, 5.41) is 13.4. The molecule has 8 nitrogen and oxygen atoms in total. The average molecular weight is 563 g/mol. The molecule has 226 valence electrons. The van der Waals surface area contributed by atoms with E-state index >= 15 is 0 Å². The van der Waals surface area contributed by atoms with Crippen LogP contribution in [-0.2, 0) is 18.4 Å². The van der Waals surface area contributed by atoms with Crippen molar-refractivity contribution in [3.63, 3.8) is 0 Å². The highest BCUT2D eigenvalue weighted by molar-refractivity contribution is 7.47. The van der Waals surface area contributed by atoms with E-state index in [4.69, 9.17) is 14.8 Å². The number of aliphatic hydroxyl groups excluding tert-OH is 1. The van der Waals surface area contributed by atoms with E-state index in [-0.39, 0.29) is 25.7 Å². The first-order valence-electron chi connectivity index (χ1n) is 15.3. The Balaban J connectivity index is 4.47. The zero-order chi connectivity index (χ0) is 28.3. The van der Waals surface area contributed by atoms with Gasteiger partial charge in [0.1, 0.15) is 0 Å². The average Bonchev–Trinajstić information content (AvgIpc) is 2.89. The minimum Gasteiger partial charge on any atom is -0.387 e. The summed E-state index contributed by atoms with van der Waals surface area (Å²) < 4.78 is 21.8. The molecule has 3 atom stereocenters.